The molecule has 0 aliphatic carbocycles. The number of phenolic OH excluding ortho intramolecular Hbond substituents is 1. The molecule has 1 aromatic rings. The van der Waals surface area contributed by atoms with E-state index in [9.17, 15) is 5.11 Å². The van der Waals surface area contributed by atoms with Crippen LogP contribution in [0.4, 0.5) is 0 Å². The lowest BCUT2D eigenvalue weighted by Crippen LogP contribution is -1.96. The molecule has 5 nitrogen and oxygen atoms in total. The molecule has 0 aromatic heterocycles. The molecule has 5 heteroatoms. The maximum Gasteiger partial charge on any atom is 0.208 e. The fraction of sp³-hybridized carbons (Fsp3) is 0.400. The first-order valence-electron chi connectivity index (χ1n) is 4.25. The molecule has 0 bridgehead atoms. The highest BCUT2D eigenvalue weighted by Gasteiger charge is 2.20. The number of benzene rings is 1. The van der Waals surface area contributed by atoms with Crippen molar-refractivity contribution >= 4 is 0 Å². The second kappa shape index (κ2) is 4.63. The van der Waals surface area contributed by atoms with E-state index in [1.807, 2.05) is 0 Å². The van der Waals surface area contributed by atoms with Gasteiger partial charge in [-0.1, -0.05) is 0 Å². The van der Waals surface area contributed by atoms with E-state index in [0.29, 0.717) is 11.5 Å². The molecule has 0 heterocycles. The number of hydrogen-bond donors (Lipinski definition) is 1. The van der Waals surface area contributed by atoms with Crippen molar-refractivity contribution in [2.24, 2.45) is 0 Å². The highest BCUT2D eigenvalue weighted by Crippen LogP contribution is 2.49. The zero-order valence-corrected chi connectivity index (χ0v) is 9.16. The molecule has 84 valence electrons. The predicted molar refractivity (Wildman–Crippen MR) is 54.3 cm³/mol. The first kappa shape index (κ1) is 11.3. The minimum Gasteiger partial charge on any atom is -0.502 e. The van der Waals surface area contributed by atoms with E-state index in [-0.39, 0.29) is 17.2 Å². The van der Waals surface area contributed by atoms with E-state index >= 15 is 0 Å². The molecule has 0 fully saturated rings. The largest absolute Gasteiger partial charge is 0.502 e. The van der Waals surface area contributed by atoms with Crippen LogP contribution >= 0.6 is 0 Å². The Labute approximate surface area is 88.1 Å². The molecular formula is C10H14O5. The monoisotopic (exact) mass is 214 g/mol. The average Bonchev–Trinajstić information content (AvgIpc) is 2.27. The summed E-state index contributed by atoms with van der Waals surface area (Å²) >= 11 is 0. The van der Waals surface area contributed by atoms with Crippen molar-refractivity contribution in [3.8, 4) is 28.7 Å². The number of hydrogen-bond acceptors (Lipinski definition) is 5. The Balaban J connectivity index is 3.41. The summed E-state index contributed by atoms with van der Waals surface area (Å²) < 4.78 is 20.1. The van der Waals surface area contributed by atoms with Crippen LogP contribution in [0.1, 0.15) is 0 Å². The van der Waals surface area contributed by atoms with Gasteiger partial charge in [0.05, 0.1) is 28.4 Å². The van der Waals surface area contributed by atoms with Gasteiger partial charge in [-0.25, -0.2) is 0 Å². The number of aromatic hydroxyl groups is 1. The van der Waals surface area contributed by atoms with Gasteiger partial charge in [0.2, 0.25) is 17.2 Å². The first-order valence-corrected chi connectivity index (χ1v) is 4.25. The molecule has 0 atom stereocenters. The Kier molecular flexibility index (Phi) is 3.49. The molecule has 1 N–H and O–H groups in total. The zero-order valence-electron chi connectivity index (χ0n) is 9.16. The summed E-state index contributed by atoms with van der Waals surface area (Å²) in [5.74, 6) is 1.06. The molecule has 0 saturated carbocycles. The summed E-state index contributed by atoms with van der Waals surface area (Å²) in [4.78, 5) is 0. The summed E-state index contributed by atoms with van der Waals surface area (Å²) in [5, 5.41) is 9.80. The van der Waals surface area contributed by atoms with Gasteiger partial charge in [0.1, 0.15) is 0 Å². The first-order chi connectivity index (χ1) is 7.19. The van der Waals surface area contributed by atoms with Gasteiger partial charge in [-0.2, -0.15) is 0 Å². The van der Waals surface area contributed by atoms with Crippen LogP contribution in [0, 0.1) is 0 Å². The molecule has 15 heavy (non-hydrogen) atoms. The SMILES string of the molecule is COc1cc(OC)c(OC)c(O)c1OC. The fourth-order valence-corrected chi connectivity index (χ4v) is 1.28. The topological polar surface area (TPSA) is 57.2 Å². The van der Waals surface area contributed by atoms with E-state index in [1.165, 1.54) is 28.4 Å². The Morgan fingerprint density at radius 1 is 0.800 bits per heavy atom. The number of phenols is 1. The minimum absolute atomic E-state index is 0.142. The Bertz CT molecular complexity index is 318. The van der Waals surface area contributed by atoms with Crippen LogP contribution < -0.4 is 18.9 Å². The van der Waals surface area contributed by atoms with Crippen LogP contribution in [0.25, 0.3) is 0 Å². The molecule has 1 aromatic carbocycles. The van der Waals surface area contributed by atoms with Crippen LogP contribution in [-0.2, 0) is 0 Å². The molecule has 0 aliphatic rings. The number of rotatable bonds is 4. The number of methoxy groups -OCH3 is 4. The van der Waals surface area contributed by atoms with Crippen LogP contribution in [0.5, 0.6) is 28.7 Å². The lowest BCUT2D eigenvalue weighted by atomic mass is 10.2. The molecule has 1 rings (SSSR count). The van der Waals surface area contributed by atoms with Crippen LogP contribution in [0.3, 0.4) is 0 Å². The second-order valence-electron chi connectivity index (χ2n) is 2.70. The van der Waals surface area contributed by atoms with Gasteiger partial charge in [0, 0.05) is 6.07 Å². The Hall–Kier alpha value is -1.78. The summed E-state index contributed by atoms with van der Waals surface area (Å²) in [6.07, 6.45) is 0. The van der Waals surface area contributed by atoms with E-state index in [1.54, 1.807) is 6.07 Å². The second-order valence-corrected chi connectivity index (χ2v) is 2.70. The maximum absolute atomic E-state index is 9.80. The Morgan fingerprint density at radius 2 is 1.20 bits per heavy atom. The van der Waals surface area contributed by atoms with Gasteiger partial charge in [0.25, 0.3) is 0 Å². The molecule has 0 unspecified atom stereocenters. The van der Waals surface area contributed by atoms with E-state index in [4.69, 9.17) is 18.9 Å². The highest BCUT2D eigenvalue weighted by molar-refractivity contribution is 5.64. The minimum atomic E-state index is -0.142. The molecule has 0 saturated heterocycles. The van der Waals surface area contributed by atoms with Crippen molar-refractivity contribution in [1.82, 2.24) is 0 Å². The van der Waals surface area contributed by atoms with E-state index < -0.39 is 0 Å². The summed E-state index contributed by atoms with van der Waals surface area (Å²) in [6, 6.07) is 1.58. The highest BCUT2D eigenvalue weighted by atomic mass is 16.5. The third-order valence-corrected chi connectivity index (χ3v) is 1.99. The number of ether oxygens (including phenoxy) is 4. The summed E-state index contributed by atoms with van der Waals surface area (Å²) in [6.45, 7) is 0. The van der Waals surface area contributed by atoms with Gasteiger partial charge in [-0.3, -0.25) is 0 Å². The maximum atomic E-state index is 9.80. The van der Waals surface area contributed by atoms with Crippen molar-refractivity contribution in [1.29, 1.82) is 0 Å². The van der Waals surface area contributed by atoms with Crippen LogP contribution in [0.15, 0.2) is 6.07 Å². The van der Waals surface area contributed by atoms with Gasteiger partial charge >= 0.3 is 0 Å². The molecule has 0 amide bonds. The Morgan fingerprint density at radius 3 is 1.47 bits per heavy atom. The third kappa shape index (κ3) is 1.86. The van der Waals surface area contributed by atoms with E-state index in [0.717, 1.165) is 0 Å². The van der Waals surface area contributed by atoms with Crippen molar-refractivity contribution in [2.45, 2.75) is 0 Å². The molecule has 0 aliphatic heterocycles. The van der Waals surface area contributed by atoms with Crippen molar-refractivity contribution in [3.63, 3.8) is 0 Å². The lowest BCUT2D eigenvalue weighted by Gasteiger charge is -2.15. The van der Waals surface area contributed by atoms with Gasteiger partial charge in [-0.15, -0.1) is 0 Å². The molecular weight excluding hydrogens is 200 g/mol. The van der Waals surface area contributed by atoms with Crippen LogP contribution in [-0.4, -0.2) is 33.5 Å². The normalized spacial score (nSPS) is 9.60. The lowest BCUT2D eigenvalue weighted by molar-refractivity contribution is 0.298. The smallest absolute Gasteiger partial charge is 0.208 e. The molecule has 0 spiro atoms. The van der Waals surface area contributed by atoms with Gasteiger partial charge in [0.15, 0.2) is 11.5 Å². The van der Waals surface area contributed by atoms with E-state index in [2.05, 4.69) is 0 Å². The quantitative estimate of drug-likeness (QED) is 0.821. The molecule has 0 radical (unpaired) electrons. The average molecular weight is 214 g/mol. The zero-order chi connectivity index (χ0) is 11.4. The van der Waals surface area contributed by atoms with Crippen molar-refractivity contribution in [2.75, 3.05) is 28.4 Å². The van der Waals surface area contributed by atoms with Gasteiger partial charge < -0.3 is 24.1 Å². The van der Waals surface area contributed by atoms with Gasteiger partial charge in [-0.05, 0) is 0 Å². The fourth-order valence-electron chi connectivity index (χ4n) is 1.28. The third-order valence-electron chi connectivity index (χ3n) is 1.99. The summed E-state index contributed by atoms with van der Waals surface area (Å²) in [7, 11) is 5.82. The summed E-state index contributed by atoms with van der Waals surface area (Å²) in [5.41, 5.74) is 0. The van der Waals surface area contributed by atoms with Crippen molar-refractivity contribution in [3.05, 3.63) is 6.07 Å². The van der Waals surface area contributed by atoms with Crippen molar-refractivity contribution < 1.29 is 24.1 Å². The standard InChI is InChI=1S/C10H14O5/c1-12-6-5-7(13-2)10(15-4)8(11)9(6)14-3/h5,11H,1-4H3. The van der Waals surface area contributed by atoms with Crippen LogP contribution in [0.2, 0.25) is 0 Å². The predicted octanol–water partition coefficient (Wildman–Crippen LogP) is 1.43.